The zero-order chi connectivity index (χ0) is 13.5. The lowest BCUT2D eigenvalue weighted by atomic mass is 10.2. The molecule has 4 nitrogen and oxygen atoms in total. The van der Waals surface area contributed by atoms with Gasteiger partial charge in [-0.2, -0.15) is 0 Å². The van der Waals surface area contributed by atoms with Gasteiger partial charge in [0, 0.05) is 11.4 Å². The van der Waals surface area contributed by atoms with Crippen LogP contribution < -0.4 is 5.32 Å². The van der Waals surface area contributed by atoms with Gasteiger partial charge in [0.1, 0.15) is 5.01 Å². The molecule has 1 aliphatic rings. The van der Waals surface area contributed by atoms with Gasteiger partial charge in [0.15, 0.2) is 9.84 Å². The molecule has 1 N–H and O–H groups in total. The number of hydrogen-bond donors (Lipinski definition) is 1. The largest absolute Gasteiger partial charge is 0.301 e. The van der Waals surface area contributed by atoms with E-state index in [4.69, 9.17) is 0 Å². The number of thiazole rings is 1. The molecule has 19 heavy (non-hydrogen) atoms. The minimum Gasteiger partial charge on any atom is -0.301 e. The number of sulfone groups is 1. The van der Waals surface area contributed by atoms with Gasteiger partial charge >= 0.3 is 0 Å². The summed E-state index contributed by atoms with van der Waals surface area (Å²) in [6, 6.07) is 7.92. The summed E-state index contributed by atoms with van der Waals surface area (Å²) in [5.74, 6) is 0.141. The number of nitrogens with one attached hydrogen (secondary N) is 1. The van der Waals surface area contributed by atoms with Crippen LogP contribution in [0.3, 0.4) is 0 Å². The molecule has 0 radical (unpaired) electrons. The third-order valence-electron chi connectivity index (χ3n) is 3.08. The van der Waals surface area contributed by atoms with Crippen molar-refractivity contribution in [3.63, 3.8) is 0 Å². The van der Waals surface area contributed by atoms with Gasteiger partial charge in [-0.1, -0.05) is 18.2 Å². The number of aromatic nitrogens is 1. The normalized spacial score (nSPS) is 22.9. The molecule has 2 atom stereocenters. The van der Waals surface area contributed by atoms with E-state index in [1.165, 1.54) is 5.41 Å². The highest BCUT2D eigenvalue weighted by atomic mass is 32.2. The van der Waals surface area contributed by atoms with Crippen molar-refractivity contribution in [3.05, 3.63) is 40.8 Å². The van der Waals surface area contributed by atoms with Crippen molar-refractivity contribution in [1.82, 2.24) is 10.3 Å². The SMILES string of the molecule is CC(NC1C=CS(=O)(=O)C1)c1nc2ccccc2s1. The van der Waals surface area contributed by atoms with E-state index in [-0.39, 0.29) is 17.8 Å². The predicted octanol–water partition coefficient (Wildman–Crippen LogP) is 2.26. The lowest BCUT2D eigenvalue weighted by Crippen LogP contribution is -2.32. The van der Waals surface area contributed by atoms with Crippen LogP contribution in [-0.2, 0) is 9.84 Å². The first-order chi connectivity index (χ1) is 9.03. The maximum absolute atomic E-state index is 11.4. The Kier molecular flexibility index (Phi) is 3.16. The lowest BCUT2D eigenvalue weighted by molar-refractivity contribution is 0.534. The van der Waals surface area contributed by atoms with Crippen LogP contribution in [0.1, 0.15) is 18.0 Å². The Bertz CT molecular complexity index is 701. The van der Waals surface area contributed by atoms with E-state index in [0.29, 0.717) is 0 Å². The quantitative estimate of drug-likeness (QED) is 0.943. The van der Waals surface area contributed by atoms with E-state index in [1.807, 2.05) is 31.2 Å². The Morgan fingerprint density at radius 2 is 2.21 bits per heavy atom. The molecule has 100 valence electrons. The van der Waals surface area contributed by atoms with Gasteiger partial charge in [0.2, 0.25) is 0 Å². The van der Waals surface area contributed by atoms with E-state index >= 15 is 0 Å². The molecule has 1 aliphatic heterocycles. The van der Waals surface area contributed by atoms with Gasteiger partial charge in [0.25, 0.3) is 0 Å². The summed E-state index contributed by atoms with van der Waals surface area (Å²) in [5, 5.41) is 5.57. The summed E-state index contributed by atoms with van der Waals surface area (Å²) >= 11 is 1.64. The number of hydrogen-bond acceptors (Lipinski definition) is 5. The summed E-state index contributed by atoms with van der Waals surface area (Å²) < 4.78 is 23.9. The maximum atomic E-state index is 11.4. The standard InChI is InChI=1S/C13H14N2O2S2/c1-9(14-10-6-7-19(16,17)8-10)13-15-11-4-2-3-5-12(11)18-13/h2-7,9-10,14H,8H2,1H3. The predicted molar refractivity (Wildman–Crippen MR) is 77.9 cm³/mol. The first-order valence-electron chi connectivity index (χ1n) is 6.06. The van der Waals surface area contributed by atoms with Crippen molar-refractivity contribution in [1.29, 1.82) is 0 Å². The average Bonchev–Trinajstić information content (AvgIpc) is 2.92. The first-order valence-corrected chi connectivity index (χ1v) is 8.59. The summed E-state index contributed by atoms with van der Waals surface area (Å²) in [6.07, 6.45) is 1.71. The summed E-state index contributed by atoms with van der Waals surface area (Å²) in [4.78, 5) is 4.57. The van der Waals surface area contributed by atoms with E-state index in [0.717, 1.165) is 15.2 Å². The van der Waals surface area contributed by atoms with Crippen LogP contribution >= 0.6 is 11.3 Å². The Hall–Kier alpha value is -1.24. The van der Waals surface area contributed by atoms with Crippen molar-refractivity contribution < 1.29 is 8.42 Å². The van der Waals surface area contributed by atoms with Gasteiger partial charge in [-0.05, 0) is 19.1 Å². The zero-order valence-corrected chi connectivity index (χ0v) is 12.0. The van der Waals surface area contributed by atoms with Gasteiger partial charge < -0.3 is 5.32 Å². The van der Waals surface area contributed by atoms with Crippen molar-refractivity contribution in [2.45, 2.75) is 19.0 Å². The fourth-order valence-electron chi connectivity index (χ4n) is 2.15. The highest BCUT2D eigenvalue weighted by Crippen LogP contribution is 2.26. The van der Waals surface area contributed by atoms with Crippen LogP contribution in [0.2, 0.25) is 0 Å². The number of nitrogens with zero attached hydrogens (tertiary/aromatic N) is 1. The van der Waals surface area contributed by atoms with Crippen molar-refractivity contribution >= 4 is 31.4 Å². The average molecular weight is 294 g/mol. The minimum atomic E-state index is -3.01. The smallest absolute Gasteiger partial charge is 0.173 e. The number of fused-ring (bicyclic) bond motifs is 1. The second-order valence-corrected chi connectivity index (χ2v) is 7.67. The van der Waals surface area contributed by atoms with E-state index < -0.39 is 9.84 Å². The van der Waals surface area contributed by atoms with Crippen LogP contribution in [0.5, 0.6) is 0 Å². The third kappa shape index (κ3) is 2.70. The highest BCUT2D eigenvalue weighted by Gasteiger charge is 2.24. The Morgan fingerprint density at radius 3 is 2.89 bits per heavy atom. The number of benzene rings is 1. The van der Waals surface area contributed by atoms with Gasteiger partial charge in [-0.25, -0.2) is 13.4 Å². The summed E-state index contributed by atoms with van der Waals surface area (Å²) in [7, 11) is -3.01. The van der Waals surface area contributed by atoms with Crippen LogP contribution in [0.15, 0.2) is 35.7 Å². The molecule has 0 saturated carbocycles. The second kappa shape index (κ2) is 4.70. The fraction of sp³-hybridized carbons (Fsp3) is 0.308. The summed E-state index contributed by atoms with van der Waals surface area (Å²) in [6.45, 7) is 2.01. The minimum absolute atomic E-state index is 0.0420. The number of para-hydroxylation sites is 1. The molecule has 2 heterocycles. The van der Waals surface area contributed by atoms with Gasteiger partial charge in [0.05, 0.1) is 22.0 Å². The molecule has 0 amide bonds. The Balaban J connectivity index is 1.77. The molecule has 2 aromatic rings. The molecule has 0 spiro atoms. The van der Waals surface area contributed by atoms with E-state index in [2.05, 4.69) is 10.3 Å². The Labute approximate surface area is 116 Å². The molecule has 0 fully saturated rings. The van der Waals surface area contributed by atoms with Gasteiger partial charge in [-0.15, -0.1) is 11.3 Å². The molecule has 3 rings (SSSR count). The van der Waals surface area contributed by atoms with Crippen LogP contribution in [-0.4, -0.2) is 25.2 Å². The summed E-state index contributed by atoms with van der Waals surface area (Å²) in [5.41, 5.74) is 0.991. The topological polar surface area (TPSA) is 59.1 Å². The van der Waals surface area contributed by atoms with Crippen molar-refractivity contribution in [2.75, 3.05) is 5.75 Å². The zero-order valence-electron chi connectivity index (χ0n) is 10.4. The van der Waals surface area contributed by atoms with Crippen molar-refractivity contribution in [3.8, 4) is 0 Å². The monoisotopic (exact) mass is 294 g/mol. The van der Waals surface area contributed by atoms with Crippen LogP contribution in [0.4, 0.5) is 0 Å². The molecular weight excluding hydrogens is 280 g/mol. The van der Waals surface area contributed by atoms with Gasteiger partial charge in [-0.3, -0.25) is 0 Å². The molecular formula is C13H14N2O2S2. The fourth-order valence-corrected chi connectivity index (χ4v) is 4.37. The molecule has 1 aromatic heterocycles. The van der Waals surface area contributed by atoms with Crippen molar-refractivity contribution in [2.24, 2.45) is 0 Å². The second-order valence-electron chi connectivity index (χ2n) is 4.67. The molecule has 0 saturated heterocycles. The molecule has 0 bridgehead atoms. The lowest BCUT2D eigenvalue weighted by Gasteiger charge is -2.15. The van der Waals surface area contributed by atoms with Crippen LogP contribution in [0.25, 0.3) is 10.2 Å². The highest BCUT2D eigenvalue weighted by molar-refractivity contribution is 7.94. The third-order valence-corrected chi connectivity index (χ3v) is 5.69. The first kappa shape index (κ1) is 12.8. The molecule has 6 heteroatoms. The van der Waals surface area contributed by atoms with Crippen LogP contribution in [0, 0.1) is 0 Å². The van der Waals surface area contributed by atoms with E-state index in [9.17, 15) is 8.42 Å². The Morgan fingerprint density at radius 1 is 1.42 bits per heavy atom. The molecule has 0 aliphatic carbocycles. The molecule has 2 unspecified atom stereocenters. The maximum Gasteiger partial charge on any atom is 0.173 e. The number of rotatable bonds is 3. The molecule has 1 aromatic carbocycles. The van der Waals surface area contributed by atoms with E-state index in [1.54, 1.807) is 17.4 Å².